The van der Waals surface area contributed by atoms with Crippen LogP contribution in [0.15, 0.2) is 22.7 Å². The van der Waals surface area contributed by atoms with Gasteiger partial charge in [0.05, 0.1) is 19.3 Å². The van der Waals surface area contributed by atoms with Crippen LogP contribution in [0.2, 0.25) is 0 Å². The SMILES string of the molecule is COC(=O)NC1CCN(c2cc(Br)ccc2C(C)O)C1. The van der Waals surface area contributed by atoms with Gasteiger partial charge in [0, 0.05) is 28.8 Å². The first-order chi connectivity index (χ1) is 9.51. The Kier molecular flexibility index (Phi) is 4.88. The lowest BCUT2D eigenvalue weighted by Crippen LogP contribution is -2.37. The molecule has 1 aromatic rings. The van der Waals surface area contributed by atoms with Crippen molar-refractivity contribution in [3.63, 3.8) is 0 Å². The third-order valence-electron chi connectivity index (χ3n) is 3.48. The van der Waals surface area contributed by atoms with E-state index in [-0.39, 0.29) is 6.04 Å². The second-order valence-corrected chi connectivity index (χ2v) is 5.86. The fourth-order valence-corrected chi connectivity index (χ4v) is 2.82. The molecule has 0 aliphatic carbocycles. The molecule has 1 aliphatic heterocycles. The number of anilines is 1. The standard InChI is InChI=1S/C14H19BrN2O3/c1-9(18)12-4-3-10(15)7-13(12)17-6-5-11(8-17)16-14(19)20-2/h3-4,7,9,11,18H,5-6,8H2,1-2H3,(H,16,19). The first kappa shape index (κ1) is 15.1. The maximum Gasteiger partial charge on any atom is 0.407 e. The molecule has 1 fully saturated rings. The Morgan fingerprint density at radius 1 is 1.60 bits per heavy atom. The minimum Gasteiger partial charge on any atom is -0.453 e. The molecule has 0 saturated carbocycles. The summed E-state index contributed by atoms with van der Waals surface area (Å²) in [5.74, 6) is 0. The minimum atomic E-state index is -0.522. The number of nitrogens with one attached hydrogen (secondary N) is 1. The third kappa shape index (κ3) is 3.43. The average molecular weight is 343 g/mol. The van der Waals surface area contributed by atoms with Gasteiger partial charge in [-0.2, -0.15) is 0 Å². The molecule has 0 radical (unpaired) electrons. The van der Waals surface area contributed by atoms with Crippen molar-refractivity contribution in [2.24, 2.45) is 0 Å². The van der Waals surface area contributed by atoms with Crippen molar-refractivity contribution in [2.45, 2.75) is 25.5 Å². The Bertz CT molecular complexity index is 493. The number of ether oxygens (including phenoxy) is 1. The molecule has 5 nitrogen and oxygen atoms in total. The number of amides is 1. The average Bonchev–Trinajstić information content (AvgIpc) is 2.86. The molecular weight excluding hydrogens is 324 g/mol. The van der Waals surface area contributed by atoms with Gasteiger partial charge in [-0.3, -0.25) is 0 Å². The molecule has 2 N–H and O–H groups in total. The van der Waals surface area contributed by atoms with E-state index in [1.807, 2.05) is 18.2 Å². The normalized spacial score (nSPS) is 19.8. The second kappa shape index (κ2) is 6.45. The Balaban J connectivity index is 2.13. The summed E-state index contributed by atoms with van der Waals surface area (Å²) in [6, 6.07) is 5.92. The van der Waals surface area contributed by atoms with Gasteiger partial charge in [-0.05, 0) is 25.5 Å². The smallest absolute Gasteiger partial charge is 0.407 e. The summed E-state index contributed by atoms with van der Waals surface area (Å²) in [5.41, 5.74) is 1.90. The number of alkyl carbamates (subject to hydrolysis) is 1. The van der Waals surface area contributed by atoms with E-state index in [9.17, 15) is 9.90 Å². The van der Waals surface area contributed by atoms with Crippen LogP contribution in [0.1, 0.15) is 25.0 Å². The van der Waals surface area contributed by atoms with Gasteiger partial charge >= 0.3 is 6.09 Å². The number of aliphatic hydroxyl groups is 1. The topological polar surface area (TPSA) is 61.8 Å². The highest BCUT2D eigenvalue weighted by molar-refractivity contribution is 9.10. The van der Waals surface area contributed by atoms with Gasteiger partial charge < -0.3 is 20.1 Å². The number of rotatable bonds is 3. The number of methoxy groups -OCH3 is 1. The van der Waals surface area contributed by atoms with Gasteiger partial charge in [0.2, 0.25) is 0 Å². The van der Waals surface area contributed by atoms with Gasteiger partial charge in [-0.15, -0.1) is 0 Å². The van der Waals surface area contributed by atoms with Crippen molar-refractivity contribution in [1.29, 1.82) is 0 Å². The fraction of sp³-hybridized carbons (Fsp3) is 0.500. The van der Waals surface area contributed by atoms with Crippen LogP contribution in [0.4, 0.5) is 10.5 Å². The third-order valence-corrected chi connectivity index (χ3v) is 3.97. The van der Waals surface area contributed by atoms with Crippen molar-refractivity contribution in [2.75, 3.05) is 25.1 Å². The molecule has 0 aromatic heterocycles. The van der Waals surface area contributed by atoms with Crippen LogP contribution in [0.3, 0.4) is 0 Å². The Labute approximate surface area is 127 Å². The van der Waals surface area contributed by atoms with E-state index in [2.05, 4.69) is 30.9 Å². The number of benzene rings is 1. The van der Waals surface area contributed by atoms with Crippen molar-refractivity contribution >= 4 is 27.7 Å². The summed E-state index contributed by atoms with van der Waals surface area (Å²) in [4.78, 5) is 13.4. The highest BCUT2D eigenvalue weighted by Crippen LogP contribution is 2.31. The number of hydrogen-bond acceptors (Lipinski definition) is 4. The molecule has 1 heterocycles. The first-order valence-electron chi connectivity index (χ1n) is 6.58. The summed E-state index contributed by atoms with van der Waals surface area (Å²) in [6.07, 6.45) is -0.0616. The summed E-state index contributed by atoms with van der Waals surface area (Å²) < 4.78 is 5.59. The summed E-state index contributed by atoms with van der Waals surface area (Å²) in [7, 11) is 1.36. The molecule has 0 spiro atoms. The molecular formula is C14H19BrN2O3. The summed E-state index contributed by atoms with van der Waals surface area (Å²) in [5, 5.41) is 12.7. The quantitative estimate of drug-likeness (QED) is 0.885. The van der Waals surface area contributed by atoms with E-state index in [1.54, 1.807) is 6.92 Å². The maximum absolute atomic E-state index is 11.2. The number of hydrogen-bond donors (Lipinski definition) is 2. The molecule has 1 saturated heterocycles. The lowest BCUT2D eigenvalue weighted by molar-refractivity contribution is 0.167. The monoisotopic (exact) mass is 342 g/mol. The van der Waals surface area contributed by atoms with E-state index in [1.165, 1.54) is 7.11 Å². The molecule has 110 valence electrons. The van der Waals surface area contributed by atoms with Gasteiger partial charge in [0.15, 0.2) is 0 Å². The van der Waals surface area contributed by atoms with Gasteiger partial charge in [0.1, 0.15) is 0 Å². The number of nitrogens with zero attached hydrogens (tertiary/aromatic N) is 1. The lowest BCUT2D eigenvalue weighted by Gasteiger charge is -2.23. The molecule has 2 rings (SSSR count). The van der Waals surface area contributed by atoms with E-state index < -0.39 is 12.2 Å². The maximum atomic E-state index is 11.2. The Morgan fingerprint density at radius 2 is 2.35 bits per heavy atom. The molecule has 2 unspecified atom stereocenters. The zero-order valence-corrected chi connectivity index (χ0v) is 13.2. The van der Waals surface area contributed by atoms with E-state index >= 15 is 0 Å². The van der Waals surface area contributed by atoms with Gasteiger partial charge in [-0.1, -0.05) is 22.0 Å². The van der Waals surface area contributed by atoms with Crippen molar-refractivity contribution in [3.05, 3.63) is 28.2 Å². The van der Waals surface area contributed by atoms with Gasteiger partial charge in [-0.25, -0.2) is 4.79 Å². The highest BCUT2D eigenvalue weighted by Gasteiger charge is 2.26. The van der Waals surface area contributed by atoms with Crippen molar-refractivity contribution < 1.29 is 14.6 Å². The van der Waals surface area contributed by atoms with Crippen molar-refractivity contribution in [3.8, 4) is 0 Å². The van der Waals surface area contributed by atoms with Crippen LogP contribution < -0.4 is 10.2 Å². The van der Waals surface area contributed by atoms with E-state index in [4.69, 9.17) is 0 Å². The van der Waals surface area contributed by atoms with Crippen LogP contribution >= 0.6 is 15.9 Å². The predicted octanol–water partition coefficient (Wildman–Crippen LogP) is 2.44. The second-order valence-electron chi connectivity index (χ2n) is 4.95. The van der Waals surface area contributed by atoms with Crippen molar-refractivity contribution in [1.82, 2.24) is 5.32 Å². The van der Waals surface area contributed by atoms with Gasteiger partial charge in [0.25, 0.3) is 0 Å². The highest BCUT2D eigenvalue weighted by atomic mass is 79.9. The number of carbonyl (C=O) groups excluding carboxylic acids is 1. The molecule has 1 aliphatic rings. The van der Waals surface area contributed by atoms with E-state index in [0.717, 1.165) is 28.7 Å². The van der Waals surface area contributed by atoms with Crippen LogP contribution in [-0.4, -0.2) is 37.4 Å². The first-order valence-corrected chi connectivity index (χ1v) is 7.37. The van der Waals surface area contributed by atoms with Crippen LogP contribution in [-0.2, 0) is 4.74 Å². The summed E-state index contributed by atoms with van der Waals surface area (Å²) >= 11 is 3.46. The molecule has 2 atom stereocenters. The van der Waals surface area contributed by atoms with Crippen LogP contribution in [0.5, 0.6) is 0 Å². The zero-order chi connectivity index (χ0) is 14.7. The van der Waals surface area contributed by atoms with Crippen LogP contribution in [0, 0.1) is 0 Å². The summed E-state index contributed by atoms with van der Waals surface area (Å²) in [6.45, 7) is 3.31. The number of halogens is 1. The zero-order valence-electron chi connectivity index (χ0n) is 11.6. The Morgan fingerprint density at radius 3 is 3.00 bits per heavy atom. The molecule has 20 heavy (non-hydrogen) atoms. The molecule has 0 bridgehead atoms. The molecule has 1 amide bonds. The predicted molar refractivity (Wildman–Crippen MR) is 80.9 cm³/mol. The molecule has 6 heteroatoms. The number of aliphatic hydroxyl groups excluding tert-OH is 1. The Hall–Kier alpha value is -1.27. The fourth-order valence-electron chi connectivity index (χ4n) is 2.47. The van der Waals surface area contributed by atoms with E-state index in [0.29, 0.717) is 6.54 Å². The number of carbonyl (C=O) groups is 1. The lowest BCUT2D eigenvalue weighted by atomic mass is 10.1. The largest absolute Gasteiger partial charge is 0.453 e. The molecule has 1 aromatic carbocycles. The van der Waals surface area contributed by atoms with Crippen LogP contribution in [0.25, 0.3) is 0 Å². The minimum absolute atomic E-state index is 0.0725.